The summed E-state index contributed by atoms with van der Waals surface area (Å²) in [6.07, 6.45) is 10.3. The van der Waals surface area contributed by atoms with Crippen molar-refractivity contribution in [2.75, 3.05) is 36.8 Å². The molecular weight excluding hydrogens is 388 g/mol. The number of hydrogen-bond donors (Lipinski definition) is 0. The molecule has 1 aromatic heterocycles. The minimum atomic E-state index is 0.658. The van der Waals surface area contributed by atoms with Gasteiger partial charge in [-0.25, -0.2) is 9.29 Å². The molecule has 0 saturated carbocycles. The fraction of sp³-hybridized carbons (Fsp3) is 0.640. The lowest BCUT2D eigenvalue weighted by Gasteiger charge is -2.42. The SMILES string of the molecule is C/C=C\C(=C/C)CSN1CCc2nc(N3C4CCC3CN(CC)C4)ccc2C1.CC. The number of piperazine rings is 1. The Morgan fingerprint density at radius 2 is 1.90 bits per heavy atom. The quantitative estimate of drug-likeness (QED) is 0.451. The standard InChI is InChI=1S/C23H34N4S.C2H6/c1-4-7-18(5-2)17-28-26-13-12-22-19(14-26)8-11-23(24-22)27-20-9-10-21(27)16-25(6-3)15-20;1-2/h4-5,7-8,11,20-21H,6,9-10,12-17H2,1-3H3;1-2H3/b7-4-,18-5+;. The molecule has 0 aromatic carbocycles. The topological polar surface area (TPSA) is 22.6 Å². The van der Waals surface area contributed by atoms with Crippen molar-refractivity contribution in [2.45, 2.75) is 72.5 Å². The van der Waals surface area contributed by atoms with Crippen LogP contribution in [0.2, 0.25) is 0 Å². The summed E-state index contributed by atoms with van der Waals surface area (Å²) in [5.74, 6) is 2.28. The Hall–Kier alpha value is -1.30. The summed E-state index contributed by atoms with van der Waals surface area (Å²) in [6.45, 7) is 16.2. The molecule has 0 amide bonds. The smallest absolute Gasteiger partial charge is 0.129 e. The van der Waals surface area contributed by atoms with Gasteiger partial charge in [0.05, 0.1) is 0 Å². The second-order valence-electron chi connectivity index (χ2n) is 8.17. The molecule has 0 spiro atoms. The average molecular weight is 429 g/mol. The van der Waals surface area contributed by atoms with E-state index in [0.29, 0.717) is 12.1 Å². The predicted molar refractivity (Wildman–Crippen MR) is 132 cm³/mol. The Balaban J connectivity index is 0.00000124. The maximum absolute atomic E-state index is 5.15. The summed E-state index contributed by atoms with van der Waals surface area (Å²) in [4.78, 5) is 10.4. The van der Waals surface area contributed by atoms with Gasteiger partial charge in [-0.1, -0.05) is 57.0 Å². The second kappa shape index (κ2) is 11.4. The molecule has 4 rings (SSSR count). The Labute approximate surface area is 188 Å². The number of allylic oxidation sites excluding steroid dienone is 3. The molecule has 2 saturated heterocycles. The van der Waals surface area contributed by atoms with Crippen molar-refractivity contribution in [3.05, 3.63) is 47.2 Å². The second-order valence-corrected chi connectivity index (χ2v) is 9.23. The lowest BCUT2D eigenvalue weighted by molar-refractivity contribution is 0.229. The van der Waals surface area contributed by atoms with E-state index < -0.39 is 0 Å². The first-order valence-corrected chi connectivity index (χ1v) is 12.8. The van der Waals surface area contributed by atoms with Crippen molar-refractivity contribution in [1.82, 2.24) is 14.2 Å². The Morgan fingerprint density at radius 1 is 1.17 bits per heavy atom. The molecular formula is C25H40N4S. The van der Waals surface area contributed by atoms with E-state index in [1.54, 1.807) is 0 Å². The van der Waals surface area contributed by atoms with Crippen LogP contribution in [0.5, 0.6) is 0 Å². The lowest BCUT2D eigenvalue weighted by Crippen LogP contribution is -2.54. The van der Waals surface area contributed by atoms with E-state index in [1.165, 1.54) is 55.1 Å². The molecule has 1 aromatic rings. The summed E-state index contributed by atoms with van der Waals surface area (Å²) in [5, 5.41) is 0. The van der Waals surface area contributed by atoms with Crippen molar-refractivity contribution in [2.24, 2.45) is 0 Å². The Bertz CT molecular complexity index is 731. The van der Waals surface area contributed by atoms with Crippen molar-refractivity contribution >= 4 is 17.8 Å². The number of aromatic nitrogens is 1. The predicted octanol–water partition coefficient (Wildman–Crippen LogP) is 5.31. The van der Waals surface area contributed by atoms with Gasteiger partial charge in [0.1, 0.15) is 5.82 Å². The summed E-state index contributed by atoms with van der Waals surface area (Å²) >= 11 is 1.95. The molecule has 0 N–H and O–H groups in total. The van der Waals surface area contributed by atoms with Crippen molar-refractivity contribution < 1.29 is 0 Å². The van der Waals surface area contributed by atoms with E-state index in [9.17, 15) is 0 Å². The Kier molecular flexibility index (Phi) is 8.84. The maximum Gasteiger partial charge on any atom is 0.129 e. The molecule has 30 heavy (non-hydrogen) atoms. The van der Waals surface area contributed by atoms with E-state index >= 15 is 0 Å². The number of anilines is 1. The highest BCUT2D eigenvalue weighted by molar-refractivity contribution is 7.97. The first kappa shape index (κ1) is 23.4. The number of hydrogen-bond acceptors (Lipinski definition) is 5. The van der Waals surface area contributed by atoms with E-state index in [0.717, 1.165) is 25.3 Å². The third-order valence-corrected chi connectivity index (χ3v) is 7.57. The highest BCUT2D eigenvalue weighted by Gasteiger charge is 2.40. The van der Waals surface area contributed by atoms with Crippen molar-refractivity contribution in [3.8, 4) is 0 Å². The van der Waals surface area contributed by atoms with Gasteiger partial charge in [0, 0.05) is 56.1 Å². The van der Waals surface area contributed by atoms with Crippen LogP contribution < -0.4 is 4.90 Å². The van der Waals surface area contributed by atoms with Crippen LogP contribution in [0.4, 0.5) is 5.82 Å². The minimum absolute atomic E-state index is 0.658. The van der Waals surface area contributed by atoms with Gasteiger partial charge in [0.25, 0.3) is 0 Å². The van der Waals surface area contributed by atoms with Gasteiger partial charge < -0.3 is 4.90 Å². The molecule has 4 nitrogen and oxygen atoms in total. The van der Waals surface area contributed by atoms with E-state index in [2.05, 4.69) is 65.2 Å². The molecule has 3 aliphatic heterocycles. The number of fused-ring (bicyclic) bond motifs is 3. The van der Waals surface area contributed by atoms with Gasteiger partial charge in [-0.3, -0.25) is 4.90 Å². The number of nitrogens with zero attached hydrogens (tertiary/aromatic N) is 4. The monoisotopic (exact) mass is 428 g/mol. The van der Waals surface area contributed by atoms with Crippen molar-refractivity contribution in [1.29, 1.82) is 0 Å². The molecule has 166 valence electrons. The third kappa shape index (κ3) is 5.30. The van der Waals surface area contributed by atoms with Crippen LogP contribution in [0, 0.1) is 0 Å². The fourth-order valence-corrected chi connectivity index (χ4v) is 5.91. The normalized spacial score (nSPS) is 24.7. The van der Waals surface area contributed by atoms with Gasteiger partial charge >= 0.3 is 0 Å². The van der Waals surface area contributed by atoms with E-state index in [-0.39, 0.29) is 0 Å². The first-order valence-electron chi connectivity index (χ1n) is 11.9. The van der Waals surface area contributed by atoms with Crippen LogP contribution in [0.1, 0.15) is 58.7 Å². The van der Waals surface area contributed by atoms with Gasteiger partial charge in [0.15, 0.2) is 0 Å². The number of rotatable bonds is 6. The third-order valence-electron chi connectivity index (χ3n) is 6.43. The zero-order valence-corrected chi connectivity index (χ0v) is 20.4. The van der Waals surface area contributed by atoms with Crippen LogP contribution in [-0.2, 0) is 13.0 Å². The largest absolute Gasteiger partial charge is 0.348 e. The van der Waals surface area contributed by atoms with E-state index in [1.807, 2.05) is 25.8 Å². The number of pyridine rings is 1. The molecule has 2 atom stereocenters. The molecule has 5 heteroatoms. The minimum Gasteiger partial charge on any atom is -0.348 e. The maximum atomic E-state index is 5.15. The molecule has 2 unspecified atom stereocenters. The van der Waals surface area contributed by atoms with Crippen LogP contribution in [0.25, 0.3) is 0 Å². The molecule has 3 aliphatic rings. The Morgan fingerprint density at radius 3 is 2.53 bits per heavy atom. The average Bonchev–Trinajstić information content (AvgIpc) is 3.06. The van der Waals surface area contributed by atoms with Gasteiger partial charge in [0.2, 0.25) is 0 Å². The zero-order valence-electron chi connectivity index (χ0n) is 19.6. The van der Waals surface area contributed by atoms with Crippen LogP contribution >= 0.6 is 11.9 Å². The van der Waals surface area contributed by atoms with Gasteiger partial charge in [-0.05, 0) is 50.4 Å². The highest BCUT2D eigenvalue weighted by atomic mass is 32.2. The summed E-state index contributed by atoms with van der Waals surface area (Å²) in [5.41, 5.74) is 4.13. The zero-order chi connectivity index (χ0) is 21.5. The molecule has 2 fully saturated rings. The summed E-state index contributed by atoms with van der Waals surface area (Å²) in [6, 6.07) is 5.95. The van der Waals surface area contributed by atoms with Crippen molar-refractivity contribution in [3.63, 3.8) is 0 Å². The lowest BCUT2D eigenvalue weighted by atomic mass is 10.1. The molecule has 0 aliphatic carbocycles. The van der Waals surface area contributed by atoms with Gasteiger partial charge in [-0.15, -0.1) is 0 Å². The molecule has 4 heterocycles. The summed E-state index contributed by atoms with van der Waals surface area (Å²) < 4.78 is 2.50. The summed E-state index contributed by atoms with van der Waals surface area (Å²) in [7, 11) is 0. The van der Waals surface area contributed by atoms with Crippen LogP contribution in [0.3, 0.4) is 0 Å². The van der Waals surface area contributed by atoms with Crippen LogP contribution in [0.15, 0.2) is 35.9 Å². The fourth-order valence-electron chi connectivity index (χ4n) is 4.86. The molecule has 0 radical (unpaired) electrons. The number of likely N-dealkylation sites (N-methyl/N-ethyl adjacent to an activating group) is 1. The molecule has 2 bridgehead atoms. The van der Waals surface area contributed by atoms with Crippen LogP contribution in [-0.4, -0.2) is 58.2 Å². The van der Waals surface area contributed by atoms with Gasteiger partial charge in [-0.2, -0.15) is 0 Å². The first-order chi connectivity index (χ1) is 14.7. The highest BCUT2D eigenvalue weighted by Crippen LogP contribution is 2.35. The van der Waals surface area contributed by atoms with E-state index in [4.69, 9.17) is 4.98 Å². The number of likely N-dealkylation sites (tertiary alicyclic amines) is 1.